The van der Waals surface area contributed by atoms with Crippen LogP contribution in [0.1, 0.15) is 34.1 Å². The maximum Gasteiger partial charge on any atom is 0.496 e. The summed E-state index contributed by atoms with van der Waals surface area (Å²) < 4.78 is 12.0. The third-order valence-electron chi connectivity index (χ3n) is 4.00. The summed E-state index contributed by atoms with van der Waals surface area (Å²) in [5, 5.41) is 3.22. The van der Waals surface area contributed by atoms with E-state index in [0.717, 1.165) is 24.2 Å². The van der Waals surface area contributed by atoms with Crippen LogP contribution in [0, 0.1) is 0 Å². The first-order chi connectivity index (χ1) is 9.36. The van der Waals surface area contributed by atoms with Gasteiger partial charge < -0.3 is 20.4 Å². The van der Waals surface area contributed by atoms with Gasteiger partial charge in [-0.2, -0.15) is 0 Å². The molecule has 1 aromatic rings. The van der Waals surface area contributed by atoms with Crippen molar-refractivity contribution < 1.29 is 9.31 Å². The van der Waals surface area contributed by atoms with Gasteiger partial charge in [-0.3, -0.25) is 0 Å². The molecule has 0 atom stereocenters. The molecule has 0 saturated carbocycles. The highest BCUT2D eigenvalue weighted by atomic mass is 16.7. The van der Waals surface area contributed by atoms with Crippen molar-refractivity contribution in [3.05, 3.63) is 18.3 Å². The lowest BCUT2D eigenvalue weighted by Crippen LogP contribution is -2.41. The van der Waals surface area contributed by atoms with Gasteiger partial charge in [0.2, 0.25) is 0 Å². The van der Waals surface area contributed by atoms with E-state index in [1.807, 2.05) is 39.8 Å². The molecule has 0 radical (unpaired) electrons. The van der Waals surface area contributed by atoms with Crippen molar-refractivity contribution >= 4 is 18.4 Å². The van der Waals surface area contributed by atoms with Crippen LogP contribution in [0.15, 0.2) is 18.3 Å². The molecule has 1 aliphatic heterocycles. The summed E-state index contributed by atoms with van der Waals surface area (Å²) in [6, 6.07) is 3.93. The van der Waals surface area contributed by atoms with Crippen LogP contribution in [0.25, 0.3) is 0 Å². The number of rotatable bonds is 5. The summed E-state index contributed by atoms with van der Waals surface area (Å²) in [6.07, 6.45) is 2.73. The lowest BCUT2D eigenvalue weighted by molar-refractivity contribution is 0.00578. The first-order valence-electron chi connectivity index (χ1n) is 7.11. The van der Waals surface area contributed by atoms with Gasteiger partial charge >= 0.3 is 7.12 Å². The van der Waals surface area contributed by atoms with Crippen LogP contribution in [0.2, 0.25) is 0 Å². The van der Waals surface area contributed by atoms with E-state index in [-0.39, 0.29) is 18.3 Å². The Bertz CT molecular complexity index is 432. The fourth-order valence-corrected chi connectivity index (χ4v) is 1.95. The Morgan fingerprint density at radius 2 is 1.85 bits per heavy atom. The van der Waals surface area contributed by atoms with E-state index in [1.54, 1.807) is 6.20 Å². The Labute approximate surface area is 121 Å². The number of aromatic nitrogens is 1. The van der Waals surface area contributed by atoms with Crippen LogP contribution in [0.3, 0.4) is 0 Å². The lowest BCUT2D eigenvalue weighted by Gasteiger charge is -2.32. The van der Waals surface area contributed by atoms with Crippen LogP contribution < -0.4 is 16.5 Å². The molecule has 0 bridgehead atoms. The molecule has 2 rings (SSSR count). The standard InChI is InChI=1S/C14H24BN3O2/c1-13(2)14(3,4)20-15(19-13)11-6-7-12(18-10-11)17-9-5-8-16/h6-7,10H,5,8-9,16H2,1-4H3,(H,17,18). The summed E-state index contributed by atoms with van der Waals surface area (Å²) in [5.74, 6) is 0.846. The highest BCUT2D eigenvalue weighted by Crippen LogP contribution is 2.36. The molecule has 0 aromatic carbocycles. The minimum Gasteiger partial charge on any atom is -0.399 e. The number of pyridine rings is 1. The smallest absolute Gasteiger partial charge is 0.399 e. The number of nitrogens with two attached hydrogens (primary N) is 1. The van der Waals surface area contributed by atoms with Gasteiger partial charge in [0.25, 0.3) is 0 Å². The van der Waals surface area contributed by atoms with Crippen molar-refractivity contribution in [2.75, 3.05) is 18.4 Å². The summed E-state index contributed by atoms with van der Waals surface area (Å²) in [6.45, 7) is 9.69. The van der Waals surface area contributed by atoms with Gasteiger partial charge in [0.1, 0.15) is 5.82 Å². The van der Waals surface area contributed by atoms with Crippen LogP contribution in [0.4, 0.5) is 5.82 Å². The van der Waals surface area contributed by atoms with Crippen molar-refractivity contribution in [2.24, 2.45) is 5.73 Å². The molecule has 2 heterocycles. The highest BCUT2D eigenvalue weighted by Gasteiger charge is 2.51. The van der Waals surface area contributed by atoms with E-state index < -0.39 is 0 Å². The minimum atomic E-state index is -0.356. The molecule has 6 heteroatoms. The maximum absolute atomic E-state index is 5.99. The zero-order chi connectivity index (χ0) is 14.8. The van der Waals surface area contributed by atoms with Crippen molar-refractivity contribution in [1.29, 1.82) is 0 Å². The molecule has 0 aliphatic carbocycles. The Kier molecular flexibility index (Phi) is 4.37. The Morgan fingerprint density at radius 1 is 1.20 bits per heavy atom. The second-order valence-corrected chi connectivity index (χ2v) is 6.13. The van der Waals surface area contributed by atoms with E-state index in [2.05, 4.69) is 10.3 Å². The van der Waals surface area contributed by atoms with Gasteiger partial charge in [-0.1, -0.05) is 6.07 Å². The number of nitrogens with one attached hydrogen (secondary N) is 1. The predicted octanol–water partition coefficient (Wildman–Crippen LogP) is 1.14. The quantitative estimate of drug-likeness (QED) is 0.624. The zero-order valence-electron chi connectivity index (χ0n) is 12.8. The van der Waals surface area contributed by atoms with Gasteiger partial charge in [-0.05, 0) is 46.7 Å². The van der Waals surface area contributed by atoms with Crippen LogP contribution in [-0.4, -0.2) is 36.4 Å². The predicted molar refractivity (Wildman–Crippen MR) is 82.1 cm³/mol. The molecule has 110 valence electrons. The molecular formula is C14H24BN3O2. The molecule has 1 aliphatic rings. The largest absolute Gasteiger partial charge is 0.496 e. The van der Waals surface area contributed by atoms with Crippen LogP contribution in [0.5, 0.6) is 0 Å². The summed E-state index contributed by atoms with van der Waals surface area (Å²) in [5.41, 5.74) is 5.75. The number of nitrogens with zero attached hydrogens (tertiary/aromatic N) is 1. The first-order valence-corrected chi connectivity index (χ1v) is 7.11. The SMILES string of the molecule is CC1(C)OB(c2ccc(NCCCN)nc2)OC1(C)C. The number of hydrogen-bond donors (Lipinski definition) is 2. The van der Waals surface area contributed by atoms with Crippen LogP contribution >= 0.6 is 0 Å². The van der Waals surface area contributed by atoms with E-state index >= 15 is 0 Å². The lowest BCUT2D eigenvalue weighted by atomic mass is 9.80. The van der Waals surface area contributed by atoms with Gasteiger partial charge in [0.15, 0.2) is 0 Å². The molecule has 0 amide bonds. The Hall–Kier alpha value is -1.11. The van der Waals surface area contributed by atoms with E-state index in [1.165, 1.54) is 0 Å². The van der Waals surface area contributed by atoms with Gasteiger partial charge in [-0.15, -0.1) is 0 Å². The van der Waals surface area contributed by atoms with Crippen molar-refractivity contribution in [3.63, 3.8) is 0 Å². The third kappa shape index (κ3) is 3.14. The van der Waals surface area contributed by atoms with E-state index in [4.69, 9.17) is 15.0 Å². The maximum atomic E-state index is 5.99. The Morgan fingerprint density at radius 3 is 2.35 bits per heavy atom. The molecule has 20 heavy (non-hydrogen) atoms. The number of hydrogen-bond acceptors (Lipinski definition) is 5. The molecule has 1 saturated heterocycles. The zero-order valence-corrected chi connectivity index (χ0v) is 12.8. The Balaban J connectivity index is 2.01. The first kappa shape index (κ1) is 15.3. The van der Waals surface area contributed by atoms with Gasteiger partial charge in [0.05, 0.1) is 11.2 Å². The summed E-state index contributed by atoms with van der Waals surface area (Å²) in [4.78, 5) is 4.38. The summed E-state index contributed by atoms with van der Waals surface area (Å²) in [7, 11) is -0.356. The molecule has 0 spiro atoms. The molecule has 1 fully saturated rings. The fourth-order valence-electron chi connectivity index (χ4n) is 1.95. The molecule has 5 nitrogen and oxygen atoms in total. The van der Waals surface area contributed by atoms with Gasteiger partial charge in [-0.25, -0.2) is 4.98 Å². The summed E-state index contributed by atoms with van der Waals surface area (Å²) >= 11 is 0. The second kappa shape index (κ2) is 5.72. The minimum absolute atomic E-state index is 0.324. The van der Waals surface area contributed by atoms with Crippen molar-refractivity contribution in [1.82, 2.24) is 4.98 Å². The molecule has 1 aromatic heterocycles. The van der Waals surface area contributed by atoms with Crippen molar-refractivity contribution in [2.45, 2.75) is 45.3 Å². The second-order valence-electron chi connectivity index (χ2n) is 6.13. The van der Waals surface area contributed by atoms with Crippen LogP contribution in [-0.2, 0) is 9.31 Å². The third-order valence-corrected chi connectivity index (χ3v) is 4.00. The molecular weight excluding hydrogens is 253 g/mol. The molecule has 3 N–H and O–H groups in total. The number of anilines is 1. The van der Waals surface area contributed by atoms with E-state index in [0.29, 0.717) is 6.54 Å². The monoisotopic (exact) mass is 277 g/mol. The van der Waals surface area contributed by atoms with E-state index in [9.17, 15) is 0 Å². The fraction of sp³-hybridized carbons (Fsp3) is 0.643. The average Bonchev–Trinajstić information content (AvgIpc) is 2.60. The average molecular weight is 277 g/mol. The topological polar surface area (TPSA) is 69.4 Å². The van der Waals surface area contributed by atoms with Crippen molar-refractivity contribution in [3.8, 4) is 0 Å². The molecule has 0 unspecified atom stereocenters. The highest BCUT2D eigenvalue weighted by molar-refractivity contribution is 6.62. The normalized spacial score (nSPS) is 20.1. The van der Waals surface area contributed by atoms with Gasteiger partial charge in [0, 0.05) is 18.2 Å².